The average molecular weight is 289 g/mol. The molecular weight excluding hydrogens is 270 g/mol. The predicted octanol–water partition coefficient (Wildman–Crippen LogP) is 3.65. The third-order valence-electron chi connectivity index (χ3n) is 3.58. The van der Waals surface area contributed by atoms with E-state index < -0.39 is 0 Å². The number of aromatic nitrogens is 1. The number of aryl methyl sites for hydroxylation is 1. The lowest BCUT2D eigenvalue weighted by Gasteiger charge is -2.08. The molecule has 0 spiro atoms. The molecule has 0 radical (unpaired) electrons. The molecule has 1 aromatic heterocycles. The molecule has 1 aliphatic rings. The van der Waals surface area contributed by atoms with Gasteiger partial charge >= 0.3 is 0 Å². The van der Waals surface area contributed by atoms with Gasteiger partial charge in [-0.15, -0.1) is 11.3 Å². The lowest BCUT2D eigenvalue weighted by Crippen LogP contribution is -1.98. The fraction of sp³-hybridized carbons (Fsp3) is 0.438. The smallest absolute Gasteiger partial charge is 0.140 e. The number of benzene rings is 1. The van der Waals surface area contributed by atoms with Crippen LogP contribution in [0.15, 0.2) is 24.3 Å². The summed E-state index contributed by atoms with van der Waals surface area (Å²) in [5.74, 6) is 1.51. The SMILES string of the molecule is CCc1ccccc1OCc1nc(C2CC2)c(CO)s1. The summed E-state index contributed by atoms with van der Waals surface area (Å²) in [6.45, 7) is 2.71. The van der Waals surface area contributed by atoms with E-state index in [1.807, 2.05) is 18.2 Å². The van der Waals surface area contributed by atoms with E-state index in [1.165, 1.54) is 18.4 Å². The molecule has 1 aliphatic carbocycles. The van der Waals surface area contributed by atoms with E-state index in [-0.39, 0.29) is 6.61 Å². The summed E-state index contributed by atoms with van der Waals surface area (Å²) in [6.07, 6.45) is 3.37. The number of aliphatic hydroxyl groups excluding tert-OH is 1. The second kappa shape index (κ2) is 5.94. The van der Waals surface area contributed by atoms with E-state index >= 15 is 0 Å². The van der Waals surface area contributed by atoms with Gasteiger partial charge in [0.1, 0.15) is 17.4 Å². The van der Waals surface area contributed by atoms with Crippen LogP contribution in [0.3, 0.4) is 0 Å². The van der Waals surface area contributed by atoms with Crippen molar-refractivity contribution < 1.29 is 9.84 Å². The number of para-hydroxylation sites is 1. The number of hydrogen-bond donors (Lipinski definition) is 1. The number of ether oxygens (including phenoxy) is 1. The van der Waals surface area contributed by atoms with Crippen molar-refractivity contribution >= 4 is 11.3 Å². The van der Waals surface area contributed by atoms with Crippen LogP contribution in [0.5, 0.6) is 5.75 Å². The van der Waals surface area contributed by atoms with E-state index in [9.17, 15) is 5.11 Å². The first kappa shape index (κ1) is 13.6. The fourth-order valence-electron chi connectivity index (χ4n) is 2.34. The first-order chi connectivity index (χ1) is 9.81. The van der Waals surface area contributed by atoms with E-state index in [0.717, 1.165) is 27.7 Å². The minimum atomic E-state index is 0.0923. The van der Waals surface area contributed by atoms with Crippen molar-refractivity contribution in [2.24, 2.45) is 0 Å². The summed E-state index contributed by atoms with van der Waals surface area (Å²) >= 11 is 1.57. The van der Waals surface area contributed by atoms with E-state index in [1.54, 1.807) is 11.3 Å². The minimum Gasteiger partial charge on any atom is -0.486 e. The highest BCUT2D eigenvalue weighted by Crippen LogP contribution is 2.42. The van der Waals surface area contributed by atoms with Gasteiger partial charge in [0.2, 0.25) is 0 Å². The summed E-state index contributed by atoms with van der Waals surface area (Å²) in [7, 11) is 0. The largest absolute Gasteiger partial charge is 0.486 e. The van der Waals surface area contributed by atoms with Crippen LogP contribution < -0.4 is 4.74 Å². The monoisotopic (exact) mass is 289 g/mol. The Balaban J connectivity index is 1.72. The van der Waals surface area contributed by atoms with Crippen LogP contribution >= 0.6 is 11.3 Å². The van der Waals surface area contributed by atoms with Crippen molar-refractivity contribution in [3.05, 3.63) is 45.4 Å². The highest BCUT2D eigenvalue weighted by Gasteiger charge is 2.29. The molecule has 1 heterocycles. The lowest BCUT2D eigenvalue weighted by atomic mass is 10.1. The van der Waals surface area contributed by atoms with Crippen LogP contribution in [0.1, 0.15) is 46.8 Å². The molecule has 1 fully saturated rings. The zero-order chi connectivity index (χ0) is 13.9. The second-order valence-corrected chi connectivity index (χ2v) is 6.27. The van der Waals surface area contributed by atoms with Crippen molar-refractivity contribution in [2.45, 2.75) is 45.3 Å². The van der Waals surface area contributed by atoms with E-state index in [2.05, 4.69) is 18.0 Å². The first-order valence-corrected chi connectivity index (χ1v) is 7.93. The quantitative estimate of drug-likeness (QED) is 0.882. The van der Waals surface area contributed by atoms with E-state index in [0.29, 0.717) is 12.5 Å². The molecule has 1 saturated carbocycles. The normalized spacial score (nSPS) is 14.5. The van der Waals surface area contributed by atoms with Crippen molar-refractivity contribution in [3.8, 4) is 5.75 Å². The molecule has 106 valence electrons. The minimum absolute atomic E-state index is 0.0923. The summed E-state index contributed by atoms with van der Waals surface area (Å²) in [5, 5.41) is 10.4. The van der Waals surface area contributed by atoms with Gasteiger partial charge < -0.3 is 9.84 Å². The highest BCUT2D eigenvalue weighted by molar-refractivity contribution is 7.11. The Labute approximate surface area is 123 Å². The van der Waals surface area contributed by atoms with Crippen molar-refractivity contribution in [1.29, 1.82) is 0 Å². The van der Waals surface area contributed by atoms with Crippen molar-refractivity contribution in [1.82, 2.24) is 4.98 Å². The van der Waals surface area contributed by atoms with Crippen LogP contribution in [-0.4, -0.2) is 10.1 Å². The standard InChI is InChI=1S/C16H19NO2S/c1-2-11-5-3-4-6-13(11)19-10-15-17-16(12-7-8-12)14(9-18)20-15/h3-6,12,18H,2,7-10H2,1H3. The van der Waals surface area contributed by atoms with Crippen LogP contribution in [0.25, 0.3) is 0 Å². The van der Waals surface area contributed by atoms with Crippen LogP contribution in [0.4, 0.5) is 0 Å². The first-order valence-electron chi connectivity index (χ1n) is 7.11. The maximum atomic E-state index is 9.41. The summed E-state index contributed by atoms with van der Waals surface area (Å²) < 4.78 is 5.89. The molecule has 0 aliphatic heterocycles. The molecule has 0 amide bonds. The molecule has 0 bridgehead atoms. The number of thiazole rings is 1. The average Bonchev–Trinajstić information content (AvgIpc) is 3.25. The molecule has 0 atom stereocenters. The molecule has 1 N–H and O–H groups in total. The van der Waals surface area contributed by atoms with Gasteiger partial charge in [-0.25, -0.2) is 4.98 Å². The fourth-order valence-corrected chi connectivity index (χ4v) is 3.27. The van der Waals surface area contributed by atoms with Gasteiger partial charge in [-0.2, -0.15) is 0 Å². The zero-order valence-corrected chi connectivity index (χ0v) is 12.4. The van der Waals surface area contributed by atoms with Crippen LogP contribution in [-0.2, 0) is 19.6 Å². The molecule has 2 aromatic rings. The Kier molecular flexibility index (Phi) is 4.03. The van der Waals surface area contributed by atoms with Gasteiger partial charge in [-0.05, 0) is 30.9 Å². The van der Waals surface area contributed by atoms with Gasteiger partial charge in [-0.1, -0.05) is 25.1 Å². The Morgan fingerprint density at radius 1 is 1.35 bits per heavy atom. The molecule has 3 nitrogen and oxygen atoms in total. The third-order valence-corrected chi connectivity index (χ3v) is 4.61. The van der Waals surface area contributed by atoms with Gasteiger partial charge in [0.25, 0.3) is 0 Å². The maximum Gasteiger partial charge on any atom is 0.140 e. The van der Waals surface area contributed by atoms with Gasteiger partial charge in [0.05, 0.1) is 17.2 Å². The third kappa shape index (κ3) is 2.86. The van der Waals surface area contributed by atoms with Crippen molar-refractivity contribution in [2.75, 3.05) is 0 Å². The Hall–Kier alpha value is -1.39. The second-order valence-electron chi connectivity index (χ2n) is 5.10. The number of rotatable bonds is 6. The van der Waals surface area contributed by atoms with Gasteiger partial charge in [0, 0.05) is 5.92 Å². The molecule has 4 heteroatoms. The summed E-state index contributed by atoms with van der Waals surface area (Å²) in [6, 6.07) is 8.11. The number of nitrogens with zero attached hydrogens (tertiary/aromatic N) is 1. The Morgan fingerprint density at radius 3 is 2.85 bits per heavy atom. The van der Waals surface area contributed by atoms with Gasteiger partial charge in [0.15, 0.2) is 0 Å². The Morgan fingerprint density at radius 2 is 2.15 bits per heavy atom. The number of hydrogen-bond acceptors (Lipinski definition) is 4. The van der Waals surface area contributed by atoms with Crippen molar-refractivity contribution in [3.63, 3.8) is 0 Å². The topological polar surface area (TPSA) is 42.4 Å². The van der Waals surface area contributed by atoms with E-state index in [4.69, 9.17) is 4.74 Å². The molecule has 1 aromatic carbocycles. The summed E-state index contributed by atoms with van der Waals surface area (Å²) in [4.78, 5) is 5.66. The highest BCUT2D eigenvalue weighted by atomic mass is 32.1. The van der Waals surface area contributed by atoms with Crippen LogP contribution in [0, 0.1) is 0 Å². The lowest BCUT2D eigenvalue weighted by molar-refractivity contribution is 0.284. The number of aliphatic hydroxyl groups is 1. The maximum absolute atomic E-state index is 9.41. The Bertz CT molecular complexity index is 590. The molecule has 0 unspecified atom stereocenters. The molecule has 3 rings (SSSR count). The van der Waals surface area contributed by atoms with Gasteiger partial charge in [-0.3, -0.25) is 0 Å². The summed E-state index contributed by atoms with van der Waals surface area (Å²) in [5.41, 5.74) is 2.31. The zero-order valence-electron chi connectivity index (χ0n) is 11.6. The predicted molar refractivity (Wildman–Crippen MR) is 80.2 cm³/mol. The molecule has 0 saturated heterocycles. The molecular formula is C16H19NO2S. The van der Waals surface area contributed by atoms with Crippen LogP contribution in [0.2, 0.25) is 0 Å². The molecule has 20 heavy (non-hydrogen) atoms.